The number of aliphatic hydroxyl groups excluding tert-OH is 1. The van der Waals surface area contributed by atoms with E-state index in [0.29, 0.717) is 12.1 Å². The third-order valence-electron chi connectivity index (χ3n) is 3.38. The van der Waals surface area contributed by atoms with Gasteiger partial charge in [0.15, 0.2) is 0 Å². The van der Waals surface area contributed by atoms with Gasteiger partial charge < -0.3 is 20.5 Å². The summed E-state index contributed by atoms with van der Waals surface area (Å²) in [7, 11) is 0. The first kappa shape index (κ1) is 15.5. The van der Waals surface area contributed by atoms with E-state index < -0.39 is 18.7 Å². The molecule has 2 atom stereocenters. The number of aliphatic hydroxyl groups is 1. The number of benzene rings is 1. The van der Waals surface area contributed by atoms with Crippen molar-refractivity contribution >= 4 is 11.7 Å². The van der Waals surface area contributed by atoms with Gasteiger partial charge in [-0.15, -0.1) is 0 Å². The van der Waals surface area contributed by atoms with Gasteiger partial charge in [0.2, 0.25) is 0 Å². The van der Waals surface area contributed by atoms with Gasteiger partial charge in [-0.25, -0.2) is 4.79 Å². The Kier molecular flexibility index (Phi) is 5.32. The fraction of sp³-hybridized carbons (Fsp3) is 0.500. The number of rotatable bonds is 4. The van der Waals surface area contributed by atoms with Crippen molar-refractivity contribution < 1.29 is 23.4 Å². The molecule has 2 unspecified atom stereocenters. The maximum Gasteiger partial charge on any atom is 0.387 e. The molecule has 0 heterocycles. The summed E-state index contributed by atoms with van der Waals surface area (Å²) in [6.07, 6.45) is 2.85. The Hall–Kier alpha value is -1.89. The summed E-state index contributed by atoms with van der Waals surface area (Å²) in [6.45, 7) is -2.88. The summed E-state index contributed by atoms with van der Waals surface area (Å²) in [5, 5.41) is 15.1. The number of alkyl halides is 2. The van der Waals surface area contributed by atoms with Crippen molar-refractivity contribution in [3.8, 4) is 5.75 Å². The highest BCUT2D eigenvalue weighted by Crippen LogP contribution is 2.19. The predicted molar refractivity (Wildman–Crippen MR) is 73.5 cm³/mol. The Morgan fingerprint density at radius 1 is 1.24 bits per heavy atom. The highest BCUT2D eigenvalue weighted by Gasteiger charge is 2.24. The number of hydrogen-bond donors (Lipinski definition) is 3. The topological polar surface area (TPSA) is 70.6 Å². The second kappa shape index (κ2) is 7.21. The Morgan fingerprint density at radius 3 is 2.52 bits per heavy atom. The van der Waals surface area contributed by atoms with Crippen LogP contribution in [-0.2, 0) is 0 Å². The molecule has 7 heteroatoms. The second-order valence-electron chi connectivity index (χ2n) is 4.96. The first-order valence-electron chi connectivity index (χ1n) is 6.85. The largest absolute Gasteiger partial charge is 0.435 e. The van der Waals surface area contributed by atoms with Gasteiger partial charge in [0.25, 0.3) is 0 Å². The number of ether oxygens (including phenoxy) is 1. The Balaban J connectivity index is 1.84. The van der Waals surface area contributed by atoms with Crippen molar-refractivity contribution in [3.63, 3.8) is 0 Å². The molecule has 21 heavy (non-hydrogen) atoms. The standard InChI is InChI=1S/C14H18F2N2O3/c15-13(16)21-10-7-5-9(6-8-10)17-14(20)18-11-3-1-2-4-12(11)19/h5-8,11-13,19H,1-4H2,(H2,17,18,20). The molecule has 5 nitrogen and oxygen atoms in total. The van der Waals surface area contributed by atoms with Crippen LogP contribution in [0.15, 0.2) is 24.3 Å². The molecule has 1 aliphatic rings. The fourth-order valence-corrected chi connectivity index (χ4v) is 2.33. The van der Waals surface area contributed by atoms with Crippen molar-refractivity contribution in [2.24, 2.45) is 0 Å². The fourth-order valence-electron chi connectivity index (χ4n) is 2.33. The van der Waals surface area contributed by atoms with Gasteiger partial charge in [-0.05, 0) is 37.1 Å². The first-order chi connectivity index (χ1) is 10.0. The third kappa shape index (κ3) is 4.86. The average Bonchev–Trinajstić information content (AvgIpc) is 2.43. The summed E-state index contributed by atoms with van der Waals surface area (Å²) in [4.78, 5) is 11.8. The minimum atomic E-state index is -2.88. The number of amides is 2. The molecule has 1 saturated carbocycles. The van der Waals surface area contributed by atoms with E-state index in [4.69, 9.17) is 0 Å². The molecule has 0 bridgehead atoms. The minimum Gasteiger partial charge on any atom is -0.435 e. The van der Waals surface area contributed by atoms with Gasteiger partial charge in [0, 0.05) is 5.69 Å². The summed E-state index contributed by atoms with van der Waals surface area (Å²) >= 11 is 0. The number of urea groups is 1. The molecule has 1 fully saturated rings. The molecule has 0 aliphatic heterocycles. The van der Waals surface area contributed by atoms with Crippen molar-refractivity contribution in [1.82, 2.24) is 5.32 Å². The zero-order valence-corrected chi connectivity index (χ0v) is 11.4. The Labute approximate surface area is 121 Å². The second-order valence-corrected chi connectivity index (χ2v) is 4.96. The molecule has 0 spiro atoms. The molecule has 0 aromatic heterocycles. The van der Waals surface area contributed by atoms with E-state index in [2.05, 4.69) is 15.4 Å². The smallest absolute Gasteiger partial charge is 0.387 e. The lowest BCUT2D eigenvalue weighted by atomic mass is 9.93. The lowest BCUT2D eigenvalue weighted by Gasteiger charge is -2.28. The van der Waals surface area contributed by atoms with Crippen LogP contribution in [0.1, 0.15) is 25.7 Å². The maximum absolute atomic E-state index is 12.0. The molecule has 0 saturated heterocycles. The van der Waals surface area contributed by atoms with Crippen LogP contribution in [0, 0.1) is 0 Å². The van der Waals surface area contributed by atoms with Crippen molar-refractivity contribution in [1.29, 1.82) is 0 Å². The molecule has 0 radical (unpaired) electrons. The molecule has 116 valence electrons. The summed E-state index contributed by atoms with van der Waals surface area (Å²) in [5.74, 6) is 0.0265. The van der Waals surface area contributed by atoms with Gasteiger partial charge in [0.1, 0.15) is 5.75 Å². The number of carbonyl (C=O) groups is 1. The Bertz CT molecular complexity index is 468. The first-order valence-corrected chi connectivity index (χ1v) is 6.85. The summed E-state index contributed by atoms with van der Waals surface area (Å²) in [5.41, 5.74) is 0.458. The third-order valence-corrected chi connectivity index (χ3v) is 3.38. The molecule has 1 aromatic rings. The zero-order valence-electron chi connectivity index (χ0n) is 11.4. The van der Waals surface area contributed by atoms with Crippen LogP contribution < -0.4 is 15.4 Å². The monoisotopic (exact) mass is 300 g/mol. The number of halogens is 2. The normalized spacial score (nSPS) is 21.9. The maximum atomic E-state index is 12.0. The van der Waals surface area contributed by atoms with E-state index in [1.54, 1.807) is 0 Å². The molecule has 1 aromatic carbocycles. The van der Waals surface area contributed by atoms with Crippen molar-refractivity contribution in [2.75, 3.05) is 5.32 Å². The van der Waals surface area contributed by atoms with Gasteiger partial charge in [-0.1, -0.05) is 12.8 Å². The van der Waals surface area contributed by atoms with Gasteiger partial charge in [-0.2, -0.15) is 8.78 Å². The minimum absolute atomic E-state index is 0.0265. The van der Waals surface area contributed by atoms with Gasteiger partial charge in [-0.3, -0.25) is 0 Å². The van der Waals surface area contributed by atoms with E-state index in [0.717, 1.165) is 19.3 Å². The molecular weight excluding hydrogens is 282 g/mol. The molecular formula is C14H18F2N2O3. The van der Waals surface area contributed by atoms with Crippen molar-refractivity contribution in [2.45, 2.75) is 44.4 Å². The average molecular weight is 300 g/mol. The van der Waals surface area contributed by atoms with Crippen LogP contribution in [0.4, 0.5) is 19.3 Å². The molecule has 3 N–H and O–H groups in total. The lowest BCUT2D eigenvalue weighted by Crippen LogP contribution is -2.46. The molecule has 2 amide bonds. The zero-order chi connectivity index (χ0) is 15.2. The lowest BCUT2D eigenvalue weighted by molar-refractivity contribution is -0.0498. The van der Waals surface area contributed by atoms with Crippen LogP contribution in [0.5, 0.6) is 5.75 Å². The van der Waals surface area contributed by atoms with E-state index in [9.17, 15) is 18.7 Å². The predicted octanol–water partition coefficient (Wildman–Crippen LogP) is 2.71. The SMILES string of the molecule is O=C(Nc1ccc(OC(F)F)cc1)NC1CCCCC1O. The highest BCUT2D eigenvalue weighted by molar-refractivity contribution is 5.89. The van der Waals surface area contributed by atoms with E-state index in [1.165, 1.54) is 24.3 Å². The quantitative estimate of drug-likeness (QED) is 0.800. The van der Waals surface area contributed by atoms with Crippen LogP contribution in [0.25, 0.3) is 0 Å². The number of carbonyl (C=O) groups excluding carboxylic acids is 1. The van der Waals surface area contributed by atoms with E-state index >= 15 is 0 Å². The number of anilines is 1. The van der Waals surface area contributed by atoms with E-state index in [-0.39, 0.29) is 11.8 Å². The molecule has 2 rings (SSSR count). The van der Waals surface area contributed by atoms with Crippen LogP contribution in [0.3, 0.4) is 0 Å². The summed E-state index contributed by atoms with van der Waals surface area (Å²) < 4.78 is 28.2. The van der Waals surface area contributed by atoms with Gasteiger partial charge >= 0.3 is 12.6 Å². The number of hydrogen-bond acceptors (Lipinski definition) is 3. The highest BCUT2D eigenvalue weighted by atomic mass is 19.3. The summed E-state index contributed by atoms with van der Waals surface area (Å²) in [6, 6.07) is 4.95. The van der Waals surface area contributed by atoms with Crippen LogP contribution in [-0.4, -0.2) is 29.9 Å². The van der Waals surface area contributed by atoms with Crippen molar-refractivity contribution in [3.05, 3.63) is 24.3 Å². The van der Waals surface area contributed by atoms with Crippen LogP contribution in [0.2, 0.25) is 0 Å². The Morgan fingerprint density at radius 2 is 1.90 bits per heavy atom. The van der Waals surface area contributed by atoms with Crippen LogP contribution >= 0.6 is 0 Å². The number of nitrogens with one attached hydrogen (secondary N) is 2. The molecule has 1 aliphatic carbocycles. The van der Waals surface area contributed by atoms with E-state index in [1.807, 2.05) is 0 Å². The van der Waals surface area contributed by atoms with Gasteiger partial charge in [0.05, 0.1) is 12.1 Å².